The zero-order valence-electron chi connectivity index (χ0n) is 15.0. The third-order valence-electron chi connectivity index (χ3n) is 5.21. The summed E-state index contributed by atoms with van der Waals surface area (Å²) in [6.07, 6.45) is 6.13. The molecule has 0 unspecified atom stereocenters. The highest BCUT2D eigenvalue weighted by atomic mass is 16.5. The van der Waals surface area contributed by atoms with E-state index in [0.29, 0.717) is 44.6 Å². The molecule has 0 bridgehead atoms. The number of piperidine rings is 1. The van der Waals surface area contributed by atoms with E-state index in [1.54, 1.807) is 12.3 Å². The quantitative estimate of drug-likeness (QED) is 0.801. The molecular formula is C19H21N5O3. The van der Waals surface area contributed by atoms with Crippen LogP contribution in [0, 0.1) is 0 Å². The minimum Gasteiger partial charge on any atom is -0.363 e. The summed E-state index contributed by atoms with van der Waals surface area (Å²) in [6.45, 7) is 2.27. The number of morpholine rings is 1. The Morgan fingerprint density at radius 1 is 1.15 bits per heavy atom. The molecule has 27 heavy (non-hydrogen) atoms. The maximum atomic E-state index is 12.6. The molecular weight excluding hydrogens is 346 g/mol. The Balaban J connectivity index is 1.40. The third kappa shape index (κ3) is 3.80. The van der Waals surface area contributed by atoms with E-state index in [1.807, 2.05) is 28.0 Å². The van der Waals surface area contributed by atoms with Gasteiger partial charge in [0, 0.05) is 19.3 Å². The van der Waals surface area contributed by atoms with Crippen LogP contribution >= 0.6 is 0 Å². The van der Waals surface area contributed by atoms with Crippen molar-refractivity contribution < 1.29 is 14.3 Å². The molecule has 0 aromatic carbocycles. The van der Waals surface area contributed by atoms with Crippen LogP contribution in [0.25, 0.3) is 0 Å². The van der Waals surface area contributed by atoms with Crippen LogP contribution in [0.3, 0.4) is 0 Å². The normalized spacial score (nSPS) is 19.3. The number of likely N-dealkylation sites (tertiary alicyclic amines) is 1. The number of amides is 2. The topological polar surface area (TPSA) is 88.5 Å². The third-order valence-corrected chi connectivity index (χ3v) is 5.21. The molecule has 2 amide bonds. The number of hydrogen-bond acceptors (Lipinski definition) is 6. The molecule has 2 aliphatic rings. The van der Waals surface area contributed by atoms with Gasteiger partial charge in [-0.05, 0) is 31.0 Å². The molecule has 0 N–H and O–H groups in total. The van der Waals surface area contributed by atoms with Gasteiger partial charge >= 0.3 is 0 Å². The van der Waals surface area contributed by atoms with Crippen LogP contribution < -0.4 is 0 Å². The summed E-state index contributed by atoms with van der Waals surface area (Å²) in [5, 5.41) is 7.48. The zero-order valence-corrected chi connectivity index (χ0v) is 15.0. The molecule has 2 aromatic heterocycles. The first kappa shape index (κ1) is 17.5. The van der Waals surface area contributed by atoms with Gasteiger partial charge < -0.3 is 14.5 Å². The van der Waals surface area contributed by atoms with Gasteiger partial charge in [-0.2, -0.15) is 10.2 Å². The Kier molecular flexibility index (Phi) is 4.81. The Hall–Kier alpha value is -2.87. The van der Waals surface area contributed by atoms with Crippen molar-refractivity contribution in [2.75, 3.05) is 26.2 Å². The smallest absolute Gasteiger partial charge is 0.255 e. The van der Waals surface area contributed by atoms with Crippen molar-refractivity contribution in [2.24, 2.45) is 0 Å². The summed E-state index contributed by atoms with van der Waals surface area (Å²) in [7, 11) is 0. The van der Waals surface area contributed by atoms with Gasteiger partial charge in [0.15, 0.2) is 0 Å². The lowest BCUT2D eigenvalue weighted by molar-refractivity contribution is -0.171. The number of carbonyl (C=O) groups is 2. The zero-order chi connectivity index (χ0) is 18.7. The minimum atomic E-state index is -0.393. The molecule has 4 heterocycles. The number of pyridine rings is 1. The number of nitrogens with zero attached hydrogens (tertiary/aromatic N) is 5. The van der Waals surface area contributed by atoms with Gasteiger partial charge in [-0.3, -0.25) is 14.6 Å². The molecule has 1 spiro atoms. The standard InChI is InChI=1S/C19H21N5O3/c25-17-13-27-19(14-24(17)12-16-3-1-2-7-20-16)5-9-23(10-6-19)18(26)15-4-8-21-22-11-15/h1-4,7-8,11H,5-6,9-10,12-14H2. The first-order chi connectivity index (χ1) is 13.2. The average Bonchev–Trinajstić information content (AvgIpc) is 2.72. The first-order valence-electron chi connectivity index (χ1n) is 9.03. The van der Waals surface area contributed by atoms with Crippen LogP contribution in [0.15, 0.2) is 42.9 Å². The second-order valence-corrected chi connectivity index (χ2v) is 6.97. The van der Waals surface area contributed by atoms with Crippen LogP contribution in [-0.2, 0) is 16.1 Å². The van der Waals surface area contributed by atoms with Crippen molar-refractivity contribution in [3.05, 3.63) is 54.1 Å². The van der Waals surface area contributed by atoms with Crippen LogP contribution in [0.1, 0.15) is 28.9 Å². The fraction of sp³-hybridized carbons (Fsp3) is 0.421. The van der Waals surface area contributed by atoms with E-state index < -0.39 is 5.60 Å². The maximum Gasteiger partial charge on any atom is 0.255 e. The molecule has 140 valence electrons. The Labute approximate surface area is 157 Å². The molecule has 0 saturated carbocycles. The minimum absolute atomic E-state index is 0.0207. The van der Waals surface area contributed by atoms with E-state index in [1.165, 1.54) is 12.4 Å². The predicted octanol–water partition coefficient (Wildman–Crippen LogP) is 0.905. The summed E-state index contributed by atoms with van der Waals surface area (Å²) >= 11 is 0. The maximum absolute atomic E-state index is 12.6. The largest absolute Gasteiger partial charge is 0.363 e. The number of hydrogen-bond donors (Lipinski definition) is 0. The highest BCUT2D eigenvalue weighted by Crippen LogP contribution is 2.31. The summed E-state index contributed by atoms with van der Waals surface area (Å²) in [6, 6.07) is 7.36. The molecule has 2 aliphatic heterocycles. The molecule has 2 aromatic rings. The van der Waals surface area contributed by atoms with Crippen LogP contribution in [-0.4, -0.2) is 68.6 Å². The van der Waals surface area contributed by atoms with Gasteiger partial charge in [0.25, 0.3) is 5.91 Å². The van der Waals surface area contributed by atoms with Crippen LogP contribution in [0.5, 0.6) is 0 Å². The predicted molar refractivity (Wildman–Crippen MR) is 95.5 cm³/mol. The van der Waals surface area contributed by atoms with E-state index >= 15 is 0 Å². The number of carbonyl (C=O) groups excluding carboxylic acids is 2. The molecule has 2 saturated heterocycles. The van der Waals surface area contributed by atoms with Crippen molar-refractivity contribution >= 4 is 11.8 Å². The highest BCUT2D eigenvalue weighted by molar-refractivity contribution is 5.93. The van der Waals surface area contributed by atoms with Crippen molar-refractivity contribution in [2.45, 2.75) is 25.0 Å². The summed E-state index contributed by atoms with van der Waals surface area (Å²) in [4.78, 5) is 32.8. The van der Waals surface area contributed by atoms with Gasteiger partial charge in [-0.15, -0.1) is 0 Å². The first-order valence-corrected chi connectivity index (χ1v) is 9.03. The fourth-order valence-electron chi connectivity index (χ4n) is 3.64. The Morgan fingerprint density at radius 3 is 2.70 bits per heavy atom. The fourth-order valence-corrected chi connectivity index (χ4v) is 3.64. The van der Waals surface area contributed by atoms with E-state index in [4.69, 9.17) is 4.74 Å². The summed E-state index contributed by atoms with van der Waals surface area (Å²) < 4.78 is 5.95. The Morgan fingerprint density at radius 2 is 2.00 bits per heavy atom. The molecule has 4 rings (SSSR count). The summed E-state index contributed by atoms with van der Waals surface area (Å²) in [5.41, 5.74) is 1.01. The molecule has 8 heteroatoms. The lowest BCUT2D eigenvalue weighted by atomic mass is 9.89. The van der Waals surface area contributed by atoms with Crippen molar-refractivity contribution in [3.8, 4) is 0 Å². The van der Waals surface area contributed by atoms with Crippen molar-refractivity contribution in [1.82, 2.24) is 25.0 Å². The number of rotatable bonds is 3. The van der Waals surface area contributed by atoms with Crippen LogP contribution in [0.2, 0.25) is 0 Å². The van der Waals surface area contributed by atoms with E-state index in [9.17, 15) is 9.59 Å². The Bertz CT molecular complexity index is 807. The SMILES string of the molecule is O=C1COC2(CCN(C(=O)c3ccnnc3)CC2)CN1Cc1ccccn1. The number of ether oxygens (including phenoxy) is 1. The van der Waals surface area contributed by atoms with Crippen molar-refractivity contribution in [1.29, 1.82) is 0 Å². The van der Waals surface area contributed by atoms with Gasteiger partial charge in [0.05, 0.1) is 42.3 Å². The van der Waals surface area contributed by atoms with Gasteiger partial charge in [0.1, 0.15) is 6.61 Å². The van der Waals surface area contributed by atoms with E-state index in [0.717, 1.165) is 5.69 Å². The van der Waals surface area contributed by atoms with E-state index in [2.05, 4.69) is 15.2 Å². The second-order valence-electron chi connectivity index (χ2n) is 6.97. The number of aromatic nitrogens is 3. The van der Waals surface area contributed by atoms with E-state index in [-0.39, 0.29) is 18.4 Å². The van der Waals surface area contributed by atoms with Gasteiger partial charge in [-0.25, -0.2) is 0 Å². The molecule has 0 radical (unpaired) electrons. The van der Waals surface area contributed by atoms with Crippen LogP contribution in [0.4, 0.5) is 0 Å². The van der Waals surface area contributed by atoms with Gasteiger partial charge in [0.2, 0.25) is 5.91 Å². The average molecular weight is 367 g/mol. The molecule has 2 fully saturated rings. The lowest BCUT2D eigenvalue weighted by Crippen LogP contribution is -2.59. The molecule has 8 nitrogen and oxygen atoms in total. The highest BCUT2D eigenvalue weighted by Gasteiger charge is 2.43. The molecule has 0 aliphatic carbocycles. The van der Waals surface area contributed by atoms with Crippen molar-refractivity contribution in [3.63, 3.8) is 0 Å². The molecule has 0 atom stereocenters. The monoisotopic (exact) mass is 367 g/mol. The second kappa shape index (κ2) is 7.40. The summed E-state index contributed by atoms with van der Waals surface area (Å²) in [5.74, 6) is -0.0652. The van der Waals surface area contributed by atoms with Gasteiger partial charge in [-0.1, -0.05) is 6.07 Å². The lowest BCUT2D eigenvalue weighted by Gasteiger charge is -2.46.